The van der Waals surface area contributed by atoms with E-state index in [2.05, 4.69) is 5.32 Å². The van der Waals surface area contributed by atoms with Gasteiger partial charge in [0.25, 0.3) is 0 Å². The van der Waals surface area contributed by atoms with Crippen molar-refractivity contribution in [3.8, 4) is 11.5 Å². The molecule has 0 atom stereocenters. The zero-order chi connectivity index (χ0) is 16.4. The summed E-state index contributed by atoms with van der Waals surface area (Å²) in [6, 6.07) is 9.33. The predicted molar refractivity (Wildman–Crippen MR) is 86.3 cm³/mol. The number of fused-ring (bicyclic) bond motifs is 1. The number of hydrogen-bond donors (Lipinski definition) is 1. The Kier molecular flexibility index (Phi) is 4.08. The molecule has 2 aromatic rings. The van der Waals surface area contributed by atoms with Gasteiger partial charge < -0.3 is 14.8 Å². The normalized spacial score (nSPS) is 11.9. The van der Waals surface area contributed by atoms with E-state index in [0.717, 1.165) is 10.5 Å². The lowest BCUT2D eigenvalue weighted by atomic mass is 10.2. The van der Waals surface area contributed by atoms with E-state index in [4.69, 9.17) is 21.1 Å². The minimum atomic E-state index is -0.598. The molecule has 1 heterocycles. The minimum Gasteiger partial charge on any atom is -0.454 e. The van der Waals surface area contributed by atoms with Crippen LogP contribution < -0.4 is 19.7 Å². The Labute approximate surface area is 137 Å². The monoisotopic (exact) mass is 332 g/mol. The molecule has 0 spiro atoms. The summed E-state index contributed by atoms with van der Waals surface area (Å²) in [6.07, 6.45) is 0.433. The summed E-state index contributed by atoms with van der Waals surface area (Å²) < 4.78 is 10.4. The summed E-state index contributed by atoms with van der Waals surface area (Å²) in [7, 11) is 0. The number of nitrogens with one attached hydrogen (secondary N) is 1. The first-order chi connectivity index (χ1) is 11.1. The third kappa shape index (κ3) is 3.07. The molecule has 7 heteroatoms. The fraction of sp³-hybridized carbons (Fsp3) is 0.125. The minimum absolute atomic E-state index is 0.119. The summed E-state index contributed by atoms with van der Waals surface area (Å²) in [6.45, 7) is 1.98. The molecule has 118 valence electrons. The summed E-state index contributed by atoms with van der Waals surface area (Å²) in [4.78, 5) is 24.6. The topological polar surface area (TPSA) is 67.9 Å². The summed E-state index contributed by atoms with van der Waals surface area (Å²) >= 11 is 6.03. The van der Waals surface area contributed by atoms with E-state index in [1.807, 2.05) is 6.92 Å². The second-order valence-electron chi connectivity index (χ2n) is 4.91. The third-order valence-corrected chi connectivity index (χ3v) is 3.79. The Morgan fingerprint density at radius 3 is 2.74 bits per heavy atom. The van der Waals surface area contributed by atoms with Gasteiger partial charge in [-0.05, 0) is 36.8 Å². The van der Waals surface area contributed by atoms with Gasteiger partial charge in [-0.1, -0.05) is 17.7 Å². The van der Waals surface area contributed by atoms with Crippen LogP contribution in [0.15, 0.2) is 36.4 Å². The van der Waals surface area contributed by atoms with Crippen molar-refractivity contribution in [3.05, 3.63) is 47.0 Å². The van der Waals surface area contributed by atoms with E-state index in [0.29, 0.717) is 34.3 Å². The molecule has 0 aromatic heterocycles. The molecule has 1 aliphatic heterocycles. The van der Waals surface area contributed by atoms with Crippen LogP contribution in [0.4, 0.5) is 16.2 Å². The molecular formula is C16H13ClN2O4. The van der Waals surface area contributed by atoms with Gasteiger partial charge in [0.1, 0.15) is 0 Å². The summed E-state index contributed by atoms with van der Waals surface area (Å²) in [5.41, 5.74) is 1.77. The van der Waals surface area contributed by atoms with Gasteiger partial charge in [-0.2, -0.15) is 0 Å². The van der Waals surface area contributed by atoms with Crippen molar-refractivity contribution < 1.29 is 19.1 Å². The van der Waals surface area contributed by atoms with Gasteiger partial charge in [-0.25, -0.2) is 9.69 Å². The van der Waals surface area contributed by atoms with Crippen molar-refractivity contribution in [2.75, 3.05) is 17.0 Å². The highest BCUT2D eigenvalue weighted by Crippen LogP contribution is 2.35. The van der Waals surface area contributed by atoms with Crippen LogP contribution in [0.3, 0.4) is 0 Å². The van der Waals surface area contributed by atoms with Gasteiger partial charge in [0.05, 0.1) is 5.69 Å². The second kappa shape index (κ2) is 6.18. The van der Waals surface area contributed by atoms with E-state index in [-0.39, 0.29) is 6.79 Å². The molecule has 23 heavy (non-hydrogen) atoms. The molecular weight excluding hydrogens is 320 g/mol. The molecule has 0 radical (unpaired) electrons. The van der Waals surface area contributed by atoms with Gasteiger partial charge in [0.15, 0.2) is 11.5 Å². The van der Waals surface area contributed by atoms with E-state index in [1.54, 1.807) is 36.4 Å². The molecule has 2 aromatic carbocycles. The number of amides is 3. The van der Waals surface area contributed by atoms with Crippen molar-refractivity contribution in [2.24, 2.45) is 0 Å². The largest absolute Gasteiger partial charge is 0.454 e. The molecule has 1 N–H and O–H groups in total. The second-order valence-corrected chi connectivity index (χ2v) is 5.31. The van der Waals surface area contributed by atoms with Crippen molar-refractivity contribution in [2.45, 2.75) is 6.92 Å². The molecule has 3 rings (SSSR count). The highest BCUT2D eigenvalue weighted by atomic mass is 35.5. The van der Waals surface area contributed by atoms with Crippen LogP contribution in [-0.4, -0.2) is 19.2 Å². The summed E-state index contributed by atoms with van der Waals surface area (Å²) in [5.74, 6) is 1.06. The molecule has 0 aliphatic carbocycles. The Bertz CT molecular complexity index is 779. The molecule has 0 fully saturated rings. The van der Waals surface area contributed by atoms with Crippen LogP contribution in [0.5, 0.6) is 11.5 Å². The van der Waals surface area contributed by atoms with E-state index < -0.39 is 6.03 Å². The van der Waals surface area contributed by atoms with Crippen LogP contribution in [0.2, 0.25) is 5.02 Å². The first-order valence-corrected chi connectivity index (χ1v) is 7.17. The predicted octanol–water partition coefficient (Wildman–Crippen LogP) is 3.57. The van der Waals surface area contributed by atoms with E-state index >= 15 is 0 Å². The third-order valence-electron chi connectivity index (χ3n) is 3.38. The molecule has 0 saturated heterocycles. The van der Waals surface area contributed by atoms with Crippen LogP contribution in [0, 0.1) is 6.92 Å². The number of hydrogen-bond acceptors (Lipinski definition) is 4. The SMILES string of the molecule is Cc1ccc(NC(=O)N(C=O)c2ccc3c(c2)OCO3)cc1Cl. The number of nitrogens with zero attached hydrogens (tertiary/aromatic N) is 1. The lowest BCUT2D eigenvalue weighted by Gasteiger charge is -2.17. The van der Waals surface area contributed by atoms with Gasteiger partial charge in [0, 0.05) is 16.8 Å². The van der Waals surface area contributed by atoms with Gasteiger partial charge in [-0.3, -0.25) is 4.79 Å². The number of carbonyl (C=O) groups excluding carboxylic acids is 2. The Hall–Kier alpha value is -2.73. The number of ether oxygens (including phenoxy) is 2. The Morgan fingerprint density at radius 1 is 1.22 bits per heavy atom. The van der Waals surface area contributed by atoms with Crippen molar-refractivity contribution in [1.82, 2.24) is 0 Å². The standard InChI is InChI=1S/C16H13ClN2O4/c1-10-2-3-11(6-13(10)17)18-16(21)19(8-20)12-4-5-14-15(7-12)23-9-22-14/h2-8H,9H2,1H3,(H,18,21). The average molecular weight is 333 g/mol. The zero-order valence-electron chi connectivity index (χ0n) is 12.2. The quantitative estimate of drug-likeness (QED) is 0.872. The number of carbonyl (C=O) groups is 2. The fourth-order valence-electron chi connectivity index (χ4n) is 2.12. The Morgan fingerprint density at radius 2 is 2.00 bits per heavy atom. The number of anilines is 2. The molecule has 0 bridgehead atoms. The number of imide groups is 1. The lowest BCUT2D eigenvalue weighted by Crippen LogP contribution is -2.33. The van der Waals surface area contributed by atoms with Crippen molar-refractivity contribution in [3.63, 3.8) is 0 Å². The number of halogens is 1. The maximum absolute atomic E-state index is 12.3. The fourth-order valence-corrected chi connectivity index (χ4v) is 2.30. The van der Waals surface area contributed by atoms with E-state index in [1.165, 1.54) is 0 Å². The number of aryl methyl sites for hydroxylation is 1. The smallest absolute Gasteiger partial charge is 0.332 e. The first kappa shape index (κ1) is 15.2. The van der Waals surface area contributed by atoms with Crippen LogP contribution in [0.25, 0.3) is 0 Å². The van der Waals surface area contributed by atoms with Gasteiger partial charge >= 0.3 is 6.03 Å². The molecule has 0 unspecified atom stereocenters. The molecule has 6 nitrogen and oxygen atoms in total. The summed E-state index contributed by atoms with van der Waals surface area (Å²) in [5, 5.41) is 3.16. The van der Waals surface area contributed by atoms with Crippen molar-refractivity contribution >= 4 is 35.4 Å². The number of benzene rings is 2. The lowest BCUT2D eigenvalue weighted by molar-refractivity contribution is -0.106. The van der Waals surface area contributed by atoms with Crippen LogP contribution in [-0.2, 0) is 4.79 Å². The zero-order valence-corrected chi connectivity index (χ0v) is 13.0. The maximum atomic E-state index is 12.3. The van der Waals surface area contributed by atoms with Crippen molar-refractivity contribution in [1.29, 1.82) is 0 Å². The average Bonchev–Trinajstić information content (AvgIpc) is 2.99. The molecule has 0 saturated carbocycles. The van der Waals surface area contributed by atoms with Gasteiger partial charge in [-0.15, -0.1) is 0 Å². The highest BCUT2D eigenvalue weighted by Gasteiger charge is 2.20. The van der Waals surface area contributed by atoms with E-state index in [9.17, 15) is 9.59 Å². The van der Waals surface area contributed by atoms with Gasteiger partial charge in [0.2, 0.25) is 13.2 Å². The van der Waals surface area contributed by atoms with Crippen LogP contribution >= 0.6 is 11.6 Å². The number of urea groups is 1. The highest BCUT2D eigenvalue weighted by molar-refractivity contribution is 6.31. The Balaban J connectivity index is 1.81. The first-order valence-electron chi connectivity index (χ1n) is 6.80. The molecule has 1 aliphatic rings. The number of rotatable bonds is 3. The molecule has 3 amide bonds. The van der Waals surface area contributed by atoms with Crippen LogP contribution in [0.1, 0.15) is 5.56 Å². The maximum Gasteiger partial charge on any atom is 0.332 e.